The van der Waals surface area contributed by atoms with Crippen molar-refractivity contribution in [2.75, 3.05) is 0 Å². The molecule has 1 rings (SSSR count). The van der Waals surface area contributed by atoms with Crippen molar-refractivity contribution in [3.05, 3.63) is 35.9 Å². The van der Waals surface area contributed by atoms with Gasteiger partial charge in [0.15, 0.2) is 0 Å². The van der Waals surface area contributed by atoms with Crippen LogP contribution in [0.1, 0.15) is 30.3 Å². The van der Waals surface area contributed by atoms with E-state index in [1.807, 2.05) is 0 Å². The van der Waals surface area contributed by atoms with E-state index in [2.05, 4.69) is 61.0 Å². The quantitative estimate of drug-likeness (QED) is 0.708. The molecule has 15 heavy (non-hydrogen) atoms. The van der Waals surface area contributed by atoms with Crippen LogP contribution in [0.15, 0.2) is 30.3 Å². The third-order valence-corrected chi connectivity index (χ3v) is 16.4. The van der Waals surface area contributed by atoms with Gasteiger partial charge in [-0.25, -0.2) is 0 Å². The number of hydrogen-bond acceptors (Lipinski definition) is 0. The second kappa shape index (κ2) is 5.38. The van der Waals surface area contributed by atoms with Crippen molar-refractivity contribution < 1.29 is 0 Å². The molecule has 0 radical (unpaired) electrons. The molecule has 0 aromatic heterocycles. The van der Waals surface area contributed by atoms with E-state index in [1.54, 1.807) is 5.56 Å². The summed E-state index contributed by atoms with van der Waals surface area (Å²) in [6.45, 7) is 7.15. The third-order valence-electron chi connectivity index (χ3n) is 3.41. The molecule has 0 aliphatic rings. The van der Waals surface area contributed by atoms with E-state index >= 15 is 0 Å². The predicted molar refractivity (Wildman–Crippen MR) is 72.0 cm³/mol. The SMILES string of the molecule is CC(C)[CH2][Sn]([CH3])([CH3])[CH](C)c1ccccc1. The third kappa shape index (κ3) is 3.82. The van der Waals surface area contributed by atoms with Gasteiger partial charge < -0.3 is 0 Å². The van der Waals surface area contributed by atoms with Gasteiger partial charge in [-0.2, -0.15) is 0 Å². The molecule has 0 saturated heterocycles. The van der Waals surface area contributed by atoms with Crippen molar-refractivity contribution in [2.24, 2.45) is 5.92 Å². The molecule has 0 nitrogen and oxygen atoms in total. The summed E-state index contributed by atoms with van der Waals surface area (Å²) in [6.07, 6.45) is 0. The van der Waals surface area contributed by atoms with Crippen molar-refractivity contribution in [2.45, 2.75) is 39.0 Å². The van der Waals surface area contributed by atoms with Crippen LogP contribution in [0.4, 0.5) is 0 Å². The Morgan fingerprint density at radius 3 is 2.00 bits per heavy atom. The van der Waals surface area contributed by atoms with Gasteiger partial charge in [0.05, 0.1) is 0 Å². The standard InChI is InChI=1S/C8H9.C4H9.2CH3.Sn/c1-2-8-6-4-3-5-7-8;1-4(2)3;;;/h2-7H,1H3;4H,1H2,2-3H3;2*1H3;. The molecule has 0 saturated carbocycles. The Hall–Kier alpha value is 0.0187. The number of hydrogen-bond donors (Lipinski definition) is 0. The molecule has 0 heterocycles. The molecule has 1 unspecified atom stereocenters. The van der Waals surface area contributed by atoms with Gasteiger partial charge in [-0.05, 0) is 0 Å². The average Bonchev–Trinajstić information content (AvgIpc) is 2.16. The summed E-state index contributed by atoms with van der Waals surface area (Å²) in [5.41, 5.74) is 1.55. The summed E-state index contributed by atoms with van der Waals surface area (Å²) >= 11 is -1.88. The minimum absolute atomic E-state index is 0.836. The molecule has 1 aromatic rings. The molecule has 0 N–H and O–H groups in total. The van der Waals surface area contributed by atoms with Crippen LogP contribution < -0.4 is 0 Å². The molecule has 0 spiro atoms. The molecule has 1 heteroatoms. The van der Waals surface area contributed by atoms with Crippen molar-refractivity contribution in [1.29, 1.82) is 0 Å². The van der Waals surface area contributed by atoms with Crippen LogP contribution in [0.3, 0.4) is 0 Å². The Labute approximate surface area is 99.0 Å². The molecule has 0 fully saturated rings. The van der Waals surface area contributed by atoms with Crippen LogP contribution in [0.2, 0.25) is 14.3 Å². The molecule has 0 aliphatic carbocycles. The van der Waals surface area contributed by atoms with Gasteiger partial charge in [-0.1, -0.05) is 0 Å². The van der Waals surface area contributed by atoms with Crippen LogP contribution >= 0.6 is 0 Å². The van der Waals surface area contributed by atoms with Crippen LogP contribution in [0.25, 0.3) is 0 Å². The van der Waals surface area contributed by atoms with Gasteiger partial charge >= 0.3 is 99.2 Å². The molecule has 0 aliphatic heterocycles. The van der Waals surface area contributed by atoms with Gasteiger partial charge in [-0.15, -0.1) is 0 Å². The van der Waals surface area contributed by atoms with Crippen molar-refractivity contribution >= 4 is 18.4 Å². The van der Waals surface area contributed by atoms with E-state index in [1.165, 1.54) is 4.44 Å². The van der Waals surface area contributed by atoms with Gasteiger partial charge in [0.1, 0.15) is 0 Å². The van der Waals surface area contributed by atoms with Crippen LogP contribution in [-0.2, 0) is 0 Å². The monoisotopic (exact) mass is 312 g/mol. The van der Waals surface area contributed by atoms with Gasteiger partial charge in [0.2, 0.25) is 0 Å². The maximum absolute atomic E-state index is 2.59. The number of benzene rings is 1. The summed E-state index contributed by atoms with van der Waals surface area (Å²) < 4.78 is 2.33. The Balaban J connectivity index is 2.79. The van der Waals surface area contributed by atoms with E-state index in [0.717, 1.165) is 9.85 Å². The van der Waals surface area contributed by atoms with Crippen LogP contribution in [-0.4, -0.2) is 18.4 Å². The first-order valence-electron chi connectivity index (χ1n) is 5.98. The first-order valence-corrected chi connectivity index (χ1v) is 15.4. The topological polar surface area (TPSA) is 0 Å². The fourth-order valence-electron chi connectivity index (χ4n) is 2.42. The first-order chi connectivity index (χ1) is 6.93. The summed E-state index contributed by atoms with van der Waals surface area (Å²) in [5.74, 6) is 0.863. The zero-order valence-electron chi connectivity index (χ0n) is 10.7. The number of rotatable bonds is 4. The average molecular weight is 311 g/mol. The first kappa shape index (κ1) is 13.1. The van der Waals surface area contributed by atoms with Gasteiger partial charge in [0, 0.05) is 0 Å². The predicted octanol–water partition coefficient (Wildman–Crippen LogP) is 4.69. The Morgan fingerprint density at radius 2 is 1.53 bits per heavy atom. The zero-order valence-corrected chi connectivity index (χ0v) is 13.6. The van der Waals surface area contributed by atoms with E-state index in [9.17, 15) is 0 Å². The summed E-state index contributed by atoms with van der Waals surface area (Å²) in [4.78, 5) is 5.18. The zero-order chi connectivity index (χ0) is 11.5. The van der Waals surface area contributed by atoms with E-state index in [4.69, 9.17) is 0 Å². The van der Waals surface area contributed by atoms with E-state index in [0.29, 0.717) is 0 Å². The second-order valence-electron chi connectivity index (χ2n) is 5.72. The second-order valence-corrected chi connectivity index (χ2v) is 20.7. The van der Waals surface area contributed by atoms with Crippen molar-refractivity contribution in [1.82, 2.24) is 0 Å². The molecule has 0 amide bonds. The molecular weight excluding hydrogens is 287 g/mol. The Morgan fingerprint density at radius 1 is 1.00 bits per heavy atom. The fraction of sp³-hybridized carbons (Fsp3) is 0.571. The van der Waals surface area contributed by atoms with Crippen molar-refractivity contribution in [3.8, 4) is 0 Å². The molecule has 1 aromatic carbocycles. The van der Waals surface area contributed by atoms with Gasteiger partial charge in [0.25, 0.3) is 0 Å². The van der Waals surface area contributed by atoms with E-state index < -0.39 is 18.4 Å². The van der Waals surface area contributed by atoms with Gasteiger partial charge in [-0.3, -0.25) is 0 Å². The minimum atomic E-state index is -1.88. The molecular formula is C14H24Sn. The normalized spacial score (nSPS) is 14.3. The summed E-state index contributed by atoms with van der Waals surface area (Å²) in [6, 6.07) is 11.0. The van der Waals surface area contributed by atoms with Crippen LogP contribution in [0, 0.1) is 5.92 Å². The fourth-order valence-corrected chi connectivity index (χ4v) is 12.6. The van der Waals surface area contributed by atoms with Crippen molar-refractivity contribution in [3.63, 3.8) is 0 Å². The van der Waals surface area contributed by atoms with Crippen LogP contribution in [0.5, 0.6) is 0 Å². The summed E-state index contributed by atoms with van der Waals surface area (Å²) in [7, 11) is 0. The molecule has 84 valence electrons. The summed E-state index contributed by atoms with van der Waals surface area (Å²) in [5, 5.41) is 0. The Kier molecular flexibility index (Phi) is 4.69. The Bertz CT molecular complexity index is 287. The maximum atomic E-state index is 2.59. The molecule has 1 atom stereocenters. The molecule has 0 bridgehead atoms. The van der Waals surface area contributed by atoms with E-state index in [-0.39, 0.29) is 0 Å².